The highest BCUT2D eigenvalue weighted by Gasteiger charge is 2.18. The van der Waals surface area contributed by atoms with Gasteiger partial charge < -0.3 is 14.7 Å². The van der Waals surface area contributed by atoms with E-state index < -0.39 is 0 Å². The number of rotatable bonds is 5. The van der Waals surface area contributed by atoms with Crippen LogP contribution in [0.5, 0.6) is 11.5 Å². The minimum absolute atomic E-state index is 0.192. The van der Waals surface area contributed by atoms with Crippen molar-refractivity contribution < 1.29 is 9.84 Å². The van der Waals surface area contributed by atoms with Crippen LogP contribution in [-0.4, -0.2) is 42.3 Å². The lowest BCUT2D eigenvalue weighted by Crippen LogP contribution is -2.46. The number of phenols is 1. The molecule has 1 saturated heterocycles. The zero-order valence-corrected chi connectivity index (χ0v) is 14.5. The van der Waals surface area contributed by atoms with Crippen molar-refractivity contribution in [2.24, 2.45) is 0 Å². The molecule has 1 aliphatic heterocycles. The quantitative estimate of drug-likeness (QED) is 0.912. The lowest BCUT2D eigenvalue weighted by Gasteiger charge is -2.36. The molecule has 3 rings (SSSR count). The molecule has 128 valence electrons. The van der Waals surface area contributed by atoms with Gasteiger partial charge in [0.05, 0.1) is 6.10 Å². The lowest BCUT2D eigenvalue weighted by atomic mass is 10.1. The molecule has 4 heteroatoms. The van der Waals surface area contributed by atoms with Crippen molar-refractivity contribution in [3.05, 3.63) is 54.1 Å². The van der Waals surface area contributed by atoms with Gasteiger partial charge in [0.25, 0.3) is 0 Å². The molecule has 24 heavy (non-hydrogen) atoms. The maximum atomic E-state index is 9.41. The highest BCUT2D eigenvalue weighted by atomic mass is 16.5. The van der Waals surface area contributed by atoms with Crippen LogP contribution < -0.4 is 9.64 Å². The first-order valence-electron chi connectivity index (χ1n) is 8.63. The first kappa shape index (κ1) is 16.7. The summed E-state index contributed by atoms with van der Waals surface area (Å²) in [7, 11) is 0. The molecule has 0 aliphatic carbocycles. The van der Waals surface area contributed by atoms with Gasteiger partial charge in [0.1, 0.15) is 11.5 Å². The van der Waals surface area contributed by atoms with Crippen molar-refractivity contribution in [3.63, 3.8) is 0 Å². The Morgan fingerprint density at radius 2 is 1.62 bits per heavy atom. The number of hydrogen-bond donors (Lipinski definition) is 1. The van der Waals surface area contributed by atoms with E-state index in [-0.39, 0.29) is 6.10 Å². The molecule has 0 unspecified atom stereocenters. The van der Waals surface area contributed by atoms with E-state index in [1.807, 2.05) is 18.2 Å². The lowest BCUT2D eigenvalue weighted by molar-refractivity contribution is 0.222. The van der Waals surface area contributed by atoms with Crippen LogP contribution in [0.2, 0.25) is 0 Å². The average Bonchev–Trinajstić information content (AvgIpc) is 2.58. The van der Waals surface area contributed by atoms with E-state index in [2.05, 4.69) is 41.8 Å². The molecule has 2 aromatic rings. The second-order valence-electron chi connectivity index (χ2n) is 6.55. The number of phenolic OH excluding ortho intramolecular Hbond substituents is 1. The van der Waals surface area contributed by atoms with E-state index in [1.165, 1.54) is 11.3 Å². The number of para-hydroxylation sites is 1. The average molecular weight is 326 g/mol. The van der Waals surface area contributed by atoms with Crippen molar-refractivity contribution in [2.75, 3.05) is 31.1 Å². The molecule has 0 spiro atoms. The largest absolute Gasteiger partial charge is 0.508 e. The number of piperazine rings is 1. The molecule has 0 aromatic heterocycles. The third kappa shape index (κ3) is 4.20. The summed E-state index contributed by atoms with van der Waals surface area (Å²) in [5, 5.41) is 9.41. The topological polar surface area (TPSA) is 35.9 Å². The van der Waals surface area contributed by atoms with Gasteiger partial charge in [-0.15, -0.1) is 0 Å². The first-order chi connectivity index (χ1) is 11.6. The van der Waals surface area contributed by atoms with Crippen molar-refractivity contribution in [1.82, 2.24) is 4.90 Å². The van der Waals surface area contributed by atoms with Crippen molar-refractivity contribution in [1.29, 1.82) is 0 Å². The monoisotopic (exact) mass is 326 g/mol. The Labute approximate surface area is 144 Å². The number of nitrogens with zero attached hydrogens (tertiary/aromatic N) is 2. The molecule has 1 heterocycles. The van der Waals surface area contributed by atoms with Crippen LogP contribution in [0.15, 0.2) is 48.5 Å². The zero-order chi connectivity index (χ0) is 16.9. The van der Waals surface area contributed by atoms with Gasteiger partial charge in [-0.1, -0.05) is 18.2 Å². The summed E-state index contributed by atoms with van der Waals surface area (Å²) in [6.45, 7) is 9.09. The van der Waals surface area contributed by atoms with E-state index in [9.17, 15) is 5.11 Å². The van der Waals surface area contributed by atoms with E-state index in [0.717, 1.165) is 38.5 Å². The predicted octanol–water partition coefficient (Wildman–Crippen LogP) is 3.50. The Balaban J connectivity index is 1.59. The van der Waals surface area contributed by atoms with Crippen molar-refractivity contribution in [2.45, 2.75) is 26.5 Å². The molecule has 2 aromatic carbocycles. The second kappa shape index (κ2) is 7.58. The second-order valence-corrected chi connectivity index (χ2v) is 6.55. The van der Waals surface area contributed by atoms with Gasteiger partial charge in [0, 0.05) is 44.0 Å². The number of anilines is 1. The third-order valence-electron chi connectivity index (χ3n) is 4.32. The predicted molar refractivity (Wildman–Crippen MR) is 97.8 cm³/mol. The summed E-state index contributed by atoms with van der Waals surface area (Å²) in [6.07, 6.45) is 0.192. The number of hydrogen-bond acceptors (Lipinski definition) is 4. The molecule has 0 radical (unpaired) electrons. The molecule has 1 fully saturated rings. The van der Waals surface area contributed by atoms with E-state index in [4.69, 9.17) is 4.74 Å². The van der Waals surface area contributed by atoms with Gasteiger partial charge in [-0.25, -0.2) is 0 Å². The summed E-state index contributed by atoms with van der Waals surface area (Å²) in [5.41, 5.74) is 2.43. The van der Waals surface area contributed by atoms with Crippen LogP contribution in [0.25, 0.3) is 0 Å². The van der Waals surface area contributed by atoms with Gasteiger partial charge in [0.15, 0.2) is 0 Å². The summed E-state index contributed by atoms with van der Waals surface area (Å²) in [5.74, 6) is 1.31. The van der Waals surface area contributed by atoms with Gasteiger partial charge in [-0.3, -0.25) is 4.90 Å². The Hall–Kier alpha value is -2.20. The van der Waals surface area contributed by atoms with Crippen LogP contribution in [0.4, 0.5) is 5.69 Å². The molecule has 1 N–H and O–H groups in total. The highest BCUT2D eigenvalue weighted by molar-refractivity contribution is 5.49. The third-order valence-corrected chi connectivity index (χ3v) is 4.32. The fourth-order valence-electron chi connectivity index (χ4n) is 3.07. The zero-order valence-electron chi connectivity index (χ0n) is 14.5. The molecule has 0 atom stereocenters. The van der Waals surface area contributed by atoms with E-state index in [0.29, 0.717) is 5.75 Å². The number of aromatic hydroxyl groups is 1. The molecule has 4 nitrogen and oxygen atoms in total. The maximum absolute atomic E-state index is 9.41. The van der Waals surface area contributed by atoms with Gasteiger partial charge in [-0.2, -0.15) is 0 Å². The maximum Gasteiger partial charge on any atom is 0.124 e. The van der Waals surface area contributed by atoms with Crippen LogP contribution in [-0.2, 0) is 6.54 Å². The molecule has 1 aliphatic rings. The highest BCUT2D eigenvalue weighted by Crippen LogP contribution is 2.23. The Morgan fingerprint density at radius 1 is 0.958 bits per heavy atom. The first-order valence-corrected chi connectivity index (χ1v) is 8.63. The van der Waals surface area contributed by atoms with Gasteiger partial charge in [0.2, 0.25) is 0 Å². The van der Waals surface area contributed by atoms with Crippen LogP contribution in [0.3, 0.4) is 0 Å². The fraction of sp³-hybridized carbons (Fsp3) is 0.400. The van der Waals surface area contributed by atoms with Crippen molar-refractivity contribution >= 4 is 5.69 Å². The van der Waals surface area contributed by atoms with Crippen LogP contribution in [0, 0.1) is 0 Å². The smallest absolute Gasteiger partial charge is 0.124 e. The van der Waals surface area contributed by atoms with Crippen LogP contribution >= 0.6 is 0 Å². The Morgan fingerprint density at radius 3 is 2.29 bits per heavy atom. The van der Waals surface area contributed by atoms with Gasteiger partial charge in [-0.05, 0) is 44.2 Å². The Bertz CT molecular complexity index is 647. The minimum Gasteiger partial charge on any atom is -0.508 e. The minimum atomic E-state index is 0.192. The van der Waals surface area contributed by atoms with E-state index in [1.54, 1.807) is 12.1 Å². The summed E-state index contributed by atoms with van der Waals surface area (Å²) in [6, 6.07) is 15.8. The van der Waals surface area contributed by atoms with Gasteiger partial charge >= 0.3 is 0 Å². The number of ether oxygens (including phenoxy) is 1. The molecule has 0 bridgehead atoms. The number of benzene rings is 2. The van der Waals surface area contributed by atoms with E-state index >= 15 is 0 Å². The molecule has 0 amide bonds. The summed E-state index contributed by atoms with van der Waals surface area (Å²) in [4.78, 5) is 4.84. The summed E-state index contributed by atoms with van der Waals surface area (Å²) >= 11 is 0. The fourth-order valence-corrected chi connectivity index (χ4v) is 3.07. The molecular formula is C20H26N2O2. The Kier molecular flexibility index (Phi) is 5.26. The molecule has 0 saturated carbocycles. The molecular weight excluding hydrogens is 300 g/mol. The normalized spacial score (nSPS) is 15.7. The van der Waals surface area contributed by atoms with Crippen LogP contribution in [0.1, 0.15) is 19.4 Å². The standard InChI is InChI=1S/C20H26N2O2/c1-16(2)24-20-6-4-3-5-17(20)15-21-11-13-22(14-12-21)18-7-9-19(23)10-8-18/h3-10,16,23H,11-15H2,1-2H3. The SMILES string of the molecule is CC(C)Oc1ccccc1CN1CCN(c2ccc(O)cc2)CC1. The summed E-state index contributed by atoms with van der Waals surface area (Å²) < 4.78 is 5.93. The van der Waals surface area contributed by atoms with Crippen molar-refractivity contribution in [3.8, 4) is 11.5 Å².